The third-order valence-electron chi connectivity index (χ3n) is 6.26. The number of fused-ring (bicyclic) bond motifs is 1. The van der Waals surface area contributed by atoms with Crippen molar-refractivity contribution < 1.29 is 9.69 Å². The van der Waals surface area contributed by atoms with Crippen LogP contribution in [-0.2, 0) is 13.1 Å². The Labute approximate surface area is 201 Å². The predicted molar refractivity (Wildman–Crippen MR) is 133 cm³/mol. The van der Waals surface area contributed by atoms with Crippen LogP contribution in [-0.4, -0.2) is 44.9 Å². The molecule has 8 heteroatoms. The van der Waals surface area contributed by atoms with E-state index in [0.717, 1.165) is 34.2 Å². The van der Waals surface area contributed by atoms with Crippen LogP contribution in [0.15, 0.2) is 65.4 Å². The van der Waals surface area contributed by atoms with Crippen LogP contribution in [0, 0.1) is 0 Å². The minimum absolute atomic E-state index is 0.152. The summed E-state index contributed by atoms with van der Waals surface area (Å²) < 4.78 is 4.92. The van der Waals surface area contributed by atoms with Crippen molar-refractivity contribution in [3.63, 3.8) is 0 Å². The predicted octanol–water partition coefficient (Wildman–Crippen LogP) is 3.36. The molecule has 7 nitrogen and oxygen atoms in total. The number of imidazole rings is 1. The number of hydrogen-bond acceptors (Lipinski definition) is 3. The van der Waals surface area contributed by atoms with E-state index in [2.05, 4.69) is 37.0 Å². The van der Waals surface area contributed by atoms with Gasteiger partial charge >= 0.3 is 0 Å². The molecule has 0 radical (unpaired) electrons. The highest BCUT2D eigenvalue weighted by atomic mass is 79.9. The van der Waals surface area contributed by atoms with Crippen molar-refractivity contribution in [1.29, 1.82) is 0 Å². The van der Waals surface area contributed by atoms with E-state index in [-0.39, 0.29) is 5.91 Å². The monoisotopic (exact) mass is 507 g/mol. The van der Waals surface area contributed by atoms with Crippen LogP contribution >= 0.6 is 15.9 Å². The van der Waals surface area contributed by atoms with E-state index in [1.807, 2.05) is 53.3 Å². The zero-order valence-corrected chi connectivity index (χ0v) is 20.1. The van der Waals surface area contributed by atoms with E-state index < -0.39 is 0 Å². The second-order valence-corrected chi connectivity index (χ2v) is 9.56. The number of benzene rings is 2. The Hall–Kier alpha value is -2.97. The lowest BCUT2D eigenvalue weighted by molar-refractivity contribution is -0.905. The number of anilines is 1. The van der Waals surface area contributed by atoms with Gasteiger partial charge in [0.2, 0.25) is 5.95 Å². The van der Waals surface area contributed by atoms with Gasteiger partial charge in [-0.05, 0) is 65.0 Å². The van der Waals surface area contributed by atoms with E-state index in [4.69, 9.17) is 4.98 Å². The summed E-state index contributed by atoms with van der Waals surface area (Å²) in [6, 6.07) is 15.7. The lowest BCUT2D eigenvalue weighted by Crippen LogP contribution is -3.13. The molecule has 0 spiro atoms. The molecule has 0 unspecified atom stereocenters. The number of quaternary nitrogens is 1. The van der Waals surface area contributed by atoms with E-state index in [1.54, 1.807) is 11.1 Å². The Morgan fingerprint density at radius 2 is 1.94 bits per heavy atom. The Kier molecular flexibility index (Phi) is 6.55. The number of carbonyl (C=O) groups is 1. The topological polar surface area (TPSA) is 69.2 Å². The summed E-state index contributed by atoms with van der Waals surface area (Å²) in [5.74, 6) is 0.458. The molecule has 0 atom stereocenters. The van der Waals surface area contributed by atoms with Crippen molar-refractivity contribution in [2.75, 3.05) is 25.0 Å². The Morgan fingerprint density at radius 3 is 2.76 bits per heavy atom. The zero-order chi connectivity index (χ0) is 22.6. The number of amides is 1. The first-order valence-corrected chi connectivity index (χ1v) is 12.3. The minimum Gasteiger partial charge on any atom is -0.333 e. The fourth-order valence-electron chi connectivity index (χ4n) is 4.57. The van der Waals surface area contributed by atoms with Crippen LogP contribution in [0.25, 0.3) is 11.0 Å². The highest BCUT2D eigenvalue weighted by molar-refractivity contribution is 9.10. The molecule has 1 amide bonds. The van der Waals surface area contributed by atoms with Gasteiger partial charge in [-0.3, -0.25) is 14.8 Å². The van der Waals surface area contributed by atoms with Gasteiger partial charge in [0.25, 0.3) is 5.91 Å². The van der Waals surface area contributed by atoms with Gasteiger partial charge in [-0.25, -0.2) is 4.98 Å². The lowest BCUT2D eigenvalue weighted by atomic mass is 10.1. The summed E-state index contributed by atoms with van der Waals surface area (Å²) in [7, 11) is 0. The number of nitrogens with zero attached hydrogens (tertiary/aromatic N) is 4. The molecule has 1 fully saturated rings. The van der Waals surface area contributed by atoms with Gasteiger partial charge in [-0.2, -0.15) is 5.10 Å². The number of piperidine rings is 1. The summed E-state index contributed by atoms with van der Waals surface area (Å²) in [6.45, 7) is 4.93. The molecule has 5 rings (SSSR count). The molecule has 33 heavy (non-hydrogen) atoms. The van der Waals surface area contributed by atoms with Crippen LogP contribution in [0.3, 0.4) is 0 Å². The molecule has 170 valence electrons. The first kappa shape index (κ1) is 21.9. The Balaban J connectivity index is 1.35. The van der Waals surface area contributed by atoms with Gasteiger partial charge in [-0.1, -0.05) is 24.3 Å². The van der Waals surface area contributed by atoms with Gasteiger partial charge in [0, 0.05) is 11.8 Å². The first-order valence-electron chi connectivity index (χ1n) is 11.5. The fraction of sp³-hybridized carbons (Fsp3) is 0.320. The van der Waals surface area contributed by atoms with Gasteiger partial charge in [0.15, 0.2) is 0 Å². The van der Waals surface area contributed by atoms with Crippen molar-refractivity contribution in [2.24, 2.45) is 0 Å². The molecule has 1 aliphatic heterocycles. The summed E-state index contributed by atoms with van der Waals surface area (Å²) in [6.07, 6.45) is 7.62. The highest BCUT2D eigenvalue weighted by Crippen LogP contribution is 2.20. The standard InChI is InChI=1S/C25H27BrN6O/c26-21-16-27-31(18-21)17-19-7-6-8-20(15-19)24(33)29-25-28-22-9-2-3-10-23(22)32(25)14-13-30-11-4-1-5-12-30/h2-3,6-10,15-16,18H,1,4-5,11-14,17H2,(H,28,29,33)/p+1. The van der Waals surface area contributed by atoms with Crippen LogP contribution in [0.5, 0.6) is 0 Å². The number of likely N-dealkylation sites (tertiary alicyclic amines) is 1. The summed E-state index contributed by atoms with van der Waals surface area (Å²) in [5, 5.41) is 7.37. The second kappa shape index (κ2) is 9.89. The third-order valence-corrected chi connectivity index (χ3v) is 6.67. The zero-order valence-electron chi connectivity index (χ0n) is 18.5. The Bertz CT molecular complexity index is 1260. The number of halogens is 1. The van der Waals surface area contributed by atoms with Gasteiger partial charge < -0.3 is 9.47 Å². The van der Waals surface area contributed by atoms with Crippen LogP contribution in [0.4, 0.5) is 5.95 Å². The quantitative estimate of drug-likeness (QED) is 0.403. The normalized spacial score (nSPS) is 14.6. The van der Waals surface area contributed by atoms with Gasteiger partial charge in [0.05, 0.1) is 54.4 Å². The summed E-state index contributed by atoms with van der Waals surface area (Å²) >= 11 is 3.42. The molecule has 0 saturated carbocycles. The molecule has 1 aliphatic rings. The molecule has 0 bridgehead atoms. The molecule has 1 saturated heterocycles. The maximum absolute atomic E-state index is 13.2. The van der Waals surface area contributed by atoms with E-state index >= 15 is 0 Å². The summed E-state index contributed by atoms with van der Waals surface area (Å²) in [4.78, 5) is 19.5. The average Bonchev–Trinajstić information content (AvgIpc) is 3.40. The van der Waals surface area contributed by atoms with Crippen LogP contribution in [0.1, 0.15) is 35.2 Å². The maximum Gasteiger partial charge on any atom is 0.257 e. The van der Waals surface area contributed by atoms with E-state index in [9.17, 15) is 4.79 Å². The average molecular weight is 508 g/mol. The number of para-hydroxylation sites is 2. The van der Waals surface area contributed by atoms with Crippen LogP contribution < -0.4 is 10.2 Å². The summed E-state index contributed by atoms with van der Waals surface area (Å²) in [5.41, 5.74) is 3.58. The fourth-order valence-corrected chi connectivity index (χ4v) is 4.89. The number of nitrogens with one attached hydrogen (secondary N) is 2. The number of carbonyl (C=O) groups excluding carboxylic acids is 1. The van der Waals surface area contributed by atoms with Crippen molar-refractivity contribution in [2.45, 2.75) is 32.4 Å². The number of aromatic nitrogens is 4. The molecular weight excluding hydrogens is 480 g/mol. The smallest absolute Gasteiger partial charge is 0.257 e. The highest BCUT2D eigenvalue weighted by Gasteiger charge is 2.18. The lowest BCUT2D eigenvalue weighted by Gasteiger charge is -2.24. The van der Waals surface area contributed by atoms with Gasteiger partial charge in [-0.15, -0.1) is 0 Å². The third kappa shape index (κ3) is 5.17. The molecule has 4 aromatic rings. The number of hydrogen-bond donors (Lipinski definition) is 2. The Morgan fingerprint density at radius 1 is 1.09 bits per heavy atom. The van der Waals surface area contributed by atoms with E-state index in [1.165, 1.54) is 32.4 Å². The van der Waals surface area contributed by atoms with Crippen LogP contribution in [0.2, 0.25) is 0 Å². The minimum atomic E-state index is -0.152. The van der Waals surface area contributed by atoms with Crippen molar-refractivity contribution in [1.82, 2.24) is 19.3 Å². The molecule has 2 aromatic heterocycles. The largest absolute Gasteiger partial charge is 0.333 e. The maximum atomic E-state index is 13.2. The second-order valence-electron chi connectivity index (χ2n) is 8.65. The number of rotatable bonds is 7. The molecule has 2 N–H and O–H groups in total. The first-order chi connectivity index (χ1) is 16.2. The van der Waals surface area contributed by atoms with Crippen molar-refractivity contribution in [3.05, 3.63) is 76.5 Å². The van der Waals surface area contributed by atoms with Gasteiger partial charge in [0.1, 0.15) is 0 Å². The molecule has 0 aliphatic carbocycles. The van der Waals surface area contributed by atoms with E-state index in [0.29, 0.717) is 18.1 Å². The molecule has 2 aromatic carbocycles. The van der Waals surface area contributed by atoms with Crippen molar-refractivity contribution in [3.8, 4) is 0 Å². The van der Waals surface area contributed by atoms with Crippen molar-refractivity contribution >= 4 is 38.8 Å². The SMILES string of the molecule is O=C(Nc1nc2ccccc2n1CC[NH+]1CCCCC1)c1cccc(Cn2cc(Br)cn2)c1. The molecular formula is C25H28BrN6O+. The molecule has 3 heterocycles.